The first-order valence-electron chi connectivity index (χ1n) is 7.65. The topological polar surface area (TPSA) is 80.6 Å². The van der Waals surface area contributed by atoms with E-state index in [1.165, 1.54) is 32.8 Å². The highest BCUT2D eigenvalue weighted by Crippen LogP contribution is 2.16. The van der Waals surface area contributed by atoms with E-state index in [0.717, 1.165) is 5.56 Å². The number of nitrogens with zero attached hydrogens (tertiary/aromatic N) is 5. The standard InChI is InChI=1S/C16H19F2N5O3/c1-21(2)14(24)10-23-9-13(19-20-23)15(25)22(3)8-11-4-6-12(7-5-11)26-16(17)18/h4-7,9,16H,8,10H2,1-3H3. The minimum Gasteiger partial charge on any atom is -0.435 e. The van der Waals surface area contributed by atoms with E-state index in [9.17, 15) is 18.4 Å². The third-order valence-corrected chi connectivity index (χ3v) is 3.47. The summed E-state index contributed by atoms with van der Waals surface area (Å²) in [5, 5.41) is 7.56. The molecule has 0 aliphatic heterocycles. The van der Waals surface area contributed by atoms with Gasteiger partial charge in [-0.05, 0) is 17.7 Å². The van der Waals surface area contributed by atoms with Gasteiger partial charge < -0.3 is 14.5 Å². The van der Waals surface area contributed by atoms with E-state index in [0.29, 0.717) is 0 Å². The fraction of sp³-hybridized carbons (Fsp3) is 0.375. The molecule has 0 aliphatic rings. The number of likely N-dealkylation sites (N-methyl/N-ethyl adjacent to an activating group) is 1. The van der Waals surface area contributed by atoms with Crippen molar-refractivity contribution in [2.75, 3.05) is 21.1 Å². The summed E-state index contributed by atoms with van der Waals surface area (Å²) in [5.41, 5.74) is 0.842. The van der Waals surface area contributed by atoms with Crippen LogP contribution in [-0.2, 0) is 17.9 Å². The first kappa shape index (κ1) is 19.3. The Hall–Kier alpha value is -3.04. The van der Waals surface area contributed by atoms with Gasteiger partial charge in [0.15, 0.2) is 5.69 Å². The molecule has 0 atom stereocenters. The average Bonchev–Trinajstić information content (AvgIpc) is 3.03. The number of hydrogen-bond donors (Lipinski definition) is 0. The molecule has 8 nitrogen and oxygen atoms in total. The summed E-state index contributed by atoms with van der Waals surface area (Å²) in [4.78, 5) is 26.9. The Bertz CT molecular complexity index is 762. The second-order valence-electron chi connectivity index (χ2n) is 5.77. The summed E-state index contributed by atoms with van der Waals surface area (Å²) in [7, 11) is 4.82. The van der Waals surface area contributed by atoms with Crippen LogP contribution < -0.4 is 4.74 Å². The molecule has 0 unspecified atom stereocenters. The molecule has 2 aromatic rings. The lowest BCUT2D eigenvalue weighted by Gasteiger charge is -2.16. The number of amides is 2. The van der Waals surface area contributed by atoms with Crippen LogP contribution in [0.3, 0.4) is 0 Å². The van der Waals surface area contributed by atoms with Crippen molar-refractivity contribution in [1.82, 2.24) is 24.8 Å². The zero-order chi connectivity index (χ0) is 19.3. The maximum absolute atomic E-state index is 12.4. The Morgan fingerprint density at radius 1 is 1.19 bits per heavy atom. The molecule has 1 aromatic carbocycles. The lowest BCUT2D eigenvalue weighted by atomic mass is 10.2. The molecule has 0 saturated carbocycles. The maximum atomic E-state index is 12.4. The van der Waals surface area contributed by atoms with E-state index in [4.69, 9.17) is 0 Å². The van der Waals surface area contributed by atoms with Crippen molar-refractivity contribution in [2.45, 2.75) is 19.7 Å². The Labute approximate surface area is 148 Å². The molecule has 0 saturated heterocycles. The molecule has 0 fully saturated rings. The predicted molar refractivity (Wildman–Crippen MR) is 87.6 cm³/mol. The third kappa shape index (κ3) is 5.23. The van der Waals surface area contributed by atoms with Gasteiger partial charge in [-0.1, -0.05) is 17.3 Å². The predicted octanol–water partition coefficient (Wildman–Crippen LogP) is 1.24. The van der Waals surface area contributed by atoms with Crippen molar-refractivity contribution >= 4 is 11.8 Å². The zero-order valence-corrected chi connectivity index (χ0v) is 14.6. The van der Waals surface area contributed by atoms with E-state index in [1.807, 2.05) is 0 Å². The summed E-state index contributed by atoms with van der Waals surface area (Å²) in [5.74, 6) is -0.499. The molecule has 1 heterocycles. The summed E-state index contributed by atoms with van der Waals surface area (Å²) >= 11 is 0. The van der Waals surface area contributed by atoms with Gasteiger partial charge in [-0.3, -0.25) is 9.59 Å². The van der Waals surface area contributed by atoms with Crippen molar-refractivity contribution in [3.8, 4) is 5.75 Å². The fourth-order valence-corrected chi connectivity index (χ4v) is 2.07. The van der Waals surface area contributed by atoms with Crippen LogP contribution in [0.4, 0.5) is 8.78 Å². The monoisotopic (exact) mass is 367 g/mol. The fourth-order valence-electron chi connectivity index (χ4n) is 2.07. The first-order chi connectivity index (χ1) is 12.3. The molecule has 2 rings (SSSR count). The van der Waals surface area contributed by atoms with Crippen molar-refractivity contribution in [3.63, 3.8) is 0 Å². The molecule has 26 heavy (non-hydrogen) atoms. The van der Waals surface area contributed by atoms with Crippen LogP contribution >= 0.6 is 0 Å². The molecular weight excluding hydrogens is 348 g/mol. The smallest absolute Gasteiger partial charge is 0.387 e. The van der Waals surface area contributed by atoms with E-state index >= 15 is 0 Å². The molecule has 0 bridgehead atoms. The number of alkyl halides is 2. The number of carbonyl (C=O) groups is 2. The average molecular weight is 367 g/mol. The number of benzene rings is 1. The molecular formula is C16H19F2N5O3. The van der Waals surface area contributed by atoms with Crippen LogP contribution in [0.25, 0.3) is 0 Å². The molecule has 0 radical (unpaired) electrons. The SMILES string of the molecule is CN(C)C(=O)Cn1cc(C(=O)N(C)Cc2ccc(OC(F)F)cc2)nn1. The number of rotatable bonds is 7. The Morgan fingerprint density at radius 3 is 2.42 bits per heavy atom. The summed E-state index contributed by atoms with van der Waals surface area (Å²) < 4.78 is 29.8. The van der Waals surface area contributed by atoms with Crippen LogP contribution in [0.2, 0.25) is 0 Å². The normalized spacial score (nSPS) is 10.7. The number of ether oxygens (including phenoxy) is 1. The first-order valence-corrected chi connectivity index (χ1v) is 7.65. The summed E-state index contributed by atoms with van der Waals surface area (Å²) in [6.45, 7) is -2.65. The summed E-state index contributed by atoms with van der Waals surface area (Å²) in [6, 6.07) is 5.99. The van der Waals surface area contributed by atoms with Crippen molar-refractivity contribution in [3.05, 3.63) is 41.7 Å². The molecule has 2 amide bonds. The van der Waals surface area contributed by atoms with Crippen LogP contribution in [0, 0.1) is 0 Å². The highest BCUT2D eigenvalue weighted by Gasteiger charge is 2.17. The van der Waals surface area contributed by atoms with Crippen molar-refractivity contribution < 1.29 is 23.1 Å². The van der Waals surface area contributed by atoms with Gasteiger partial charge in [0.25, 0.3) is 5.91 Å². The lowest BCUT2D eigenvalue weighted by Crippen LogP contribution is -2.27. The Balaban J connectivity index is 1.97. The van der Waals surface area contributed by atoms with Crippen LogP contribution in [0.1, 0.15) is 16.1 Å². The Morgan fingerprint density at radius 2 is 1.85 bits per heavy atom. The van der Waals surface area contributed by atoms with Gasteiger partial charge in [-0.15, -0.1) is 5.10 Å². The molecule has 0 aliphatic carbocycles. The van der Waals surface area contributed by atoms with E-state index in [2.05, 4.69) is 15.0 Å². The van der Waals surface area contributed by atoms with Crippen LogP contribution in [0.15, 0.2) is 30.5 Å². The number of aromatic nitrogens is 3. The quantitative estimate of drug-likeness (QED) is 0.736. The molecule has 140 valence electrons. The molecule has 1 aromatic heterocycles. The van der Waals surface area contributed by atoms with Gasteiger partial charge in [0, 0.05) is 27.7 Å². The van der Waals surface area contributed by atoms with E-state index in [1.54, 1.807) is 33.3 Å². The van der Waals surface area contributed by atoms with Crippen molar-refractivity contribution in [2.24, 2.45) is 0 Å². The molecule has 10 heteroatoms. The maximum Gasteiger partial charge on any atom is 0.387 e. The second kappa shape index (κ2) is 8.37. The van der Waals surface area contributed by atoms with Gasteiger partial charge in [-0.25, -0.2) is 4.68 Å². The third-order valence-electron chi connectivity index (χ3n) is 3.47. The Kier molecular flexibility index (Phi) is 6.21. The van der Waals surface area contributed by atoms with Crippen molar-refractivity contribution in [1.29, 1.82) is 0 Å². The van der Waals surface area contributed by atoms with Gasteiger partial charge in [0.1, 0.15) is 12.3 Å². The van der Waals surface area contributed by atoms with Gasteiger partial charge in [-0.2, -0.15) is 8.78 Å². The number of carbonyl (C=O) groups excluding carboxylic acids is 2. The lowest BCUT2D eigenvalue weighted by molar-refractivity contribution is -0.129. The summed E-state index contributed by atoms with van der Waals surface area (Å²) in [6.07, 6.45) is 1.40. The van der Waals surface area contributed by atoms with Gasteiger partial charge >= 0.3 is 6.61 Å². The number of halogens is 2. The van der Waals surface area contributed by atoms with Crippen LogP contribution in [-0.4, -0.2) is 64.4 Å². The van der Waals surface area contributed by atoms with Gasteiger partial charge in [0.2, 0.25) is 5.91 Å². The highest BCUT2D eigenvalue weighted by atomic mass is 19.3. The van der Waals surface area contributed by atoms with E-state index in [-0.39, 0.29) is 36.3 Å². The minimum atomic E-state index is -2.88. The minimum absolute atomic E-state index is 0.0113. The second-order valence-corrected chi connectivity index (χ2v) is 5.77. The largest absolute Gasteiger partial charge is 0.435 e. The molecule has 0 spiro atoms. The molecule has 0 N–H and O–H groups in total. The van der Waals surface area contributed by atoms with Gasteiger partial charge in [0.05, 0.1) is 6.20 Å². The highest BCUT2D eigenvalue weighted by molar-refractivity contribution is 5.91. The van der Waals surface area contributed by atoms with E-state index < -0.39 is 6.61 Å². The zero-order valence-electron chi connectivity index (χ0n) is 14.6. The van der Waals surface area contributed by atoms with Crippen LogP contribution in [0.5, 0.6) is 5.75 Å². The number of hydrogen-bond acceptors (Lipinski definition) is 5.